The van der Waals surface area contributed by atoms with Crippen LogP contribution in [0.15, 0.2) is 16.6 Å². The van der Waals surface area contributed by atoms with Gasteiger partial charge in [-0.3, -0.25) is 0 Å². The highest BCUT2D eigenvalue weighted by molar-refractivity contribution is 9.10. The molecule has 0 aliphatic rings. The SMILES string of the molecule is CCC(F)(F)c1cc(Br)c(F)cc1OC(CF)C(=O)O. The van der Waals surface area contributed by atoms with Crippen LogP contribution in [0.2, 0.25) is 0 Å². The summed E-state index contributed by atoms with van der Waals surface area (Å²) in [5, 5.41) is 8.65. The molecule has 20 heavy (non-hydrogen) atoms. The molecule has 8 heteroatoms. The van der Waals surface area contributed by atoms with Crippen molar-refractivity contribution >= 4 is 21.9 Å². The van der Waals surface area contributed by atoms with Gasteiger partial charge < -0.3 is 9.84 Å². The quantitative estimate of drug-likeness (QED) is 0.784. The fraction of sp³-hybridized carbons (Fsp3) is 0.417. The predicted octanol–water partition coefficient (Wildman–Crippen LogP) is 3.89. The molecule has 0 heterocycles. The molecule has 0 saturated carbocycles. The van der Waals surface area contributed by atoms with E-state index in [4.69, 9.17) is 5.11 Å². The number of hydrogen-bond acceptors (Lipinski definition) is 2. The van der Waals surface area contributed by atoms with Gasteiger partial charge in [0.2, 0.25) is 6.10 Å². The Hall–Kier alpha value is -1.31. The first-order chi connectivity index (χ1) is 9.22. The predicted molar refractivity (Wildman–Crippen MR) is 66.3 cm³/mol. The number of aliphatic carboxylic acids is 1. The minimum absolute atomic E-state index is 0.222. The van der Waals surface area contributed by atoms with Crippen LogP contribution in [0.25, 0.3) is 0 Å². The normalized spacial score (nSPS) is 13.1. The van der Waals surface area contributed by atoms with Gasteiger partial charge in [-0.2, -0.15) is 0 Å². The molecule has 0 bridgehead atoms. The van der Waals surface area contributed by atoms with Crippen LogP contribution in [0.3, 0.4) is 0 Å². The van der Waals surface area contributed by atoms with Crippen LogP contribution in [0, 0.1) is 5.82 Å². The molecule has 0 aliphatic heterocycles. The van der Waals surface area contributed by atoms with Gasteiger partial charge in [-0.15, -0.1) is 0 Å². The Labute approximate surface area is 120 Å². The summed E-state index contributed by atoms with van der Waals surface area (Å²) in [6.45, 7) is -0.227. The zero-order valence-corrected chi connectivity index (χ0v) is 11.9. The van der Waals surface area contributed by atoms with Gasteiger partial charge in [0, 0.05) is 12.5 Å². The molecule has 3 nitrogen and oxygen atoms in total. The van der Waals surface area contributed by atoms with Crippen molar-refractivity contribution in [3.8, 4) is 5.75 Å². The second-order valence-electron chi connectivity index (χ2n) is 3.92. The van der Waals surface area contributed by atoms with Crippen LogP contribution in [0.4, 0.5) is 17.6 Å². The number of carboxylic acid groups (broad SMARTS) is 1. The molecule has 0 radical (unpaired) electrons. The van der Waals surface area contributed by atoms with Gasteiger partial charge in [0.1, 0.15) is 18.2 Å². The highest BCUT2D eigenvalue weighted by Gasteiger charge is 2.35. The third kappa shape index (κ3) is 3.62. The van der Waals surface area contributed by atoms with Crippen LogP contribution in [0.1, 0.15) is 18.9 Å². The van der Waals surface area contributed by atoms with E-state index >= 15 is 0 Å². The summed E-state index contributed by atoms with van der Waals surface area (Å²) in [5.74, 6) is -6.63. The molecular weight excluding hydrogens is 348 g/mol. The Morgan fingerprint density at radius 1 is 1.50 bits per heavy atom. The van der Waals surface area contributed by atoms with E-state index in [1.54, 1.807) is 0 Å². The first-order valence-electron chi connectivity index (χ1n) is 5.55. The number of alkyl halides is 3. The Balaban J connectivity index is 3.30. The van der Waals surface area contributed by atoms with Crippen molar-refractivity contribution in [2.45, 2.75) is 25.4 Å². The van der Waals surface area contributed by atoms with Crippen LogP contribution >= 0.6 is 15.9 Å². The number of hydrogen-bond donors (Lipinski definition) is 1. The van der Waals surface area contributed by atoms with Crippen LogP contribution in [-0.4, -0.2) is 23.9 Å². The number of benzene rings is 1. The Morgan fingerprint density at radius 3 is 2.55 bits per heavy atom. The fourth-order valence-corrected chi connectivity index (χ4v) is 1.75. The molecule has 0 saturated heterocycles. The van der Waals surface area contributed by atoms with Gasteiger partial charge in [0.05, 0.1) is 10.0 Å². The molecule has 1 N–H and O–H groups in total. The molecule has 1 aromatic rings. The number of carboxylic acids is 1. The zero-order valence-electron chi connectivity index (χ0n) is 10.3. The number of rotatable bonds is 6. The smallest absolute Gasteiger partial charge is 0.347 e. The van der Waals surface area contributed by atoms with Crippen molar-refractivity contribution in [3.05, 3.63) is 28.0 Å². The average molecular weight is 359 g/mol. The molecule has 0 fully saturated rings. The lowest BCUT2D eigenvalue weighted by Crippen LogP contribution is -2.30. The molecule has 112 valence electrons. The summed E-state index contributed by atoms with van der Waals surface area (Å²) in [4.78, 5) is 10.7. The van der Waals surface area contributed by atoms with Gasteiger partial charge >= 0.3 is 5.97 Å². The summed E-state index contributed by atoms with van der Waals surface area (Å²) in [6, 6.07) is 1.40. The molecule has 1 unspecified atom stereocenters. The highest BCUT2D eigenvalue weighted by Crippen LogP contribution is 2.40. The van der Waals surface area contributed by atoms with Crippen LogP contribution < -0.4 is 4.74 Å². The van der Waals surface area contributed by atoms with E-state index < -0.39 is 48.2 Å². The number of carbonyl (C=O) groups is 1. The molecule has 1 rings (SSSR count). The molecule has 0 spiro atoms. The van der Waals surface area contributed by atoms with Crippen molar-refractivity contribution in [3.63, 3.8) is 0 Å². The summed E-state index contributed by atoms with van der Waals surface area (Å²) >= 11 is 2.76. The maximum atomic E-state index is 13.7. The summed E-state index contributed by atoms with van der Waals surface area (Å²) < 4.78 is 57.8. The van der Waals surface area contributed by atoms with Gasteiger partial charge in [0.15, 0.2) is 0 Å². The van der Waals surface area contributed by atoms with E-state index in [-0.39, 0.29) is 4.47 Å². The van der Waals surface area contributed by atoms with Crippen molar-refractivity contribution in [2.24, 2.45) is 0 Å². The Kier molecular flexibility index (Phi) is 5.38. The van der Waals surface area contributed by atoms with Gasteiger partial charge in [0.25, 0.3) is 5.92 Å². The number of ether oxygens (including phenoxy) is 1. The molecule has 1 atom stereocenters. The third-order valence-corrected chi connectivity index (χ3v) is 3.15. The third-order valence-electron chi connectivity index (χ3n) is 2.55. The number of halogens is 5. The fourth-order valence-electron chi connectivity index (χ4n) is 1.40. The van der Waals surface area contributed by atoms with Gasteiger partial charge in [-0.25, -0.2) is 22.4 Å². The van der Waals surface area contributed by atoms with E-state index in [0.29, 0.717) is 6.07 Å². The molecule has 0 amide bonds. The average Bonchev–Trinajstić information content (AvgIpc) is 2.38. The van der Waals surface area contributed by atoms with E-state index in [9.17, 15) is 22.4 Å². The minimum atomic E-state index is -3.36. The largest absolute Gasteiger partial charge is 0.478 e. The Morgan fingerprint density at radius 2 is 2.10 bits per heavy atom. The lowest BCUT2D eigenvalue weighted by Gasteiger charge is -2.21. The monoisotopic (exact) mass is 358 g/mol. The molecule has 0 aromatic heterocycles. The van der Waals surface area contributed by atoms with Crippen LogP contribution in [-0.2, 0) is 10.7 Å². The van der Waals surface area contributed by atoms with Gasteiger partial charge in [-0.1, -0.05) is 6.92 Å². The maximum Gasteiger partial charge on any atom is 0.347 e. The van der Waals surface area contributed by atoms with Gasteiger partial charge in [-0.05, 0) is 22.0 Å². The second kappa shape index (κ2) is 6.43. The first kappa shape index (κ1) is 16.7. The van der Waals surface area contributed by atoms with Crippen molar-refractivity contribution < 1.29 is 32.2 Å². The van der Waals surface area contributed by atoms with E-state index in [1.807, 2.05) is 0 Å². The van der Waals surface area contributed by atoms with E-state index in [0.717, 1.165) is 6.07 Å². The first-order valence-corrected chi connectivity index (χ1v) is 6.35. The van der Waals surface area contributed by atoms with Crippen LogP contribution in [0.5, 0.6) is 5.75 Å². The maximum absolute atomic E-state index is 13.7. The zero-order chi connectivity index (χ0) is 15.5. The lowest BCUT2D eigenvalue weighted by molar-refractivity contribution is -0.146. The molecule has 1 aromatic carbocycles. The lowest BCUT2D eigenvalue weighted by atomic mass is 10.0. The minimum Gasteiger partial charge on any atom is -0.478 e. The molecule has 0 aliphatic carbocycles. The van der Waals surface area contributed by atoms with E-state index in [2.05, 4.69) is 20.7 Å². The van der Waals surface area contributed by atoms with Crippen molar-refractivity contribution in [1.29, 1.82) is 0 Å². The summed E-state index contributed by atoms with van der Waals surface area (Å²) in [6.07, 6.45) is -2.57. The van der Waals surface area contributed by atoms with Crippen molar-refractivity contribution in [1.82, 2.24) is 0 Å². The van der Waals surface area contributed by atoms with Crippen molar-refractivity contribution in [2.75, 3.05) is 6.67 Å². The molecular formula is C12H11BrF4O3. The highest BCUT2D eigenvalue weighted by atomic mass is 79.9. The summed E-state index contributed by atoms with van der Waals surface area (Å²) in [5.41, 5.74) is -0.701. The Bertz CT molecular complexity index is 508. The van der Waals surface area contributed by atoms with E-state index in [1.165, 1.54) is 6.92 Å². The summed E-state index contributed by atoms with van der Waals surface area (Å²) in [7, 11) is 0. The standard InChI is InChI=1S/C12H11BrF4O3/c1-2-12(16,17)6-3-7(13)8(15)4-9(6)20-10(5-14)11(18)19/h3-4,10H,2,5H2,1H3,(H,18,19). The second-order valence-corrected chi connectivity index (χ2v) is 4.77. The topological polar surface area (TPSA) is 46.5 Å².